The van der Waals surface area contributed by atoms with Crippen molar-refractivity contribution in [1.29, 1.82) is 0 Å². The van der Waals surface area contributed by atoms with Crippen molar-refractivity contribution < 1.29 is 18.8 Å². The van der Waals surface area contributed by atoms with Gasteiger partial charge < -0.3 is 14.9 Å². The van der Waals surface area contributed by atoms with E-state index >= 15 is 0 Å². The number of nitrogens with one attached hydrogen (secondary N) is 1. The molecule has 0 bridgehead atoms. The lowest BCUT2D eigenvalue weighted by molar-refractivity contribution is -0.120. The molecular formula is C17H20FN3O3. The molecule has 0 aliphatic heterocycles. The molecule has 1 aromatic carbocycles. The molecule has 1 amide bonds. The predicted octanol–water partition coefficient (Wildman–Crippen LogP) is 1.73. The number of nitrogens with zero attached hydrogens (tertiary/aromatic N) is 2. The lowest BCUT2D eigenvalue weighted by Crippen LogP contribution is -2.33. The van der Waals surface area contributed by atoms with E-state index in [4.69, 9.17) is 4.52 Å². The molecule has 1 fully saturated rings. The third-order valence-electron chi connectivity index (χ3n) is 4.42. The number of hydrogen-bond acceptors (Lipinski definition) is 5. The lowest BCUT2D eigenvalue weighted by Gasteiger charge is -2.15. The molecule has 0 radical (unpaired) electrons. The highest BCUT2D eigenvalue weighted by Crippen LogP contribution is 2.37. The Balaban J connectivity index is 1.51. The molecule has 24 heavy (non-hydrogen) atoms. The minimum absolute atomic E-state index is 0.00895. The zero-order valence-electron chi connectivity index (χ0n) is 13.4. The molecule has 3 atom stereocenters. The molecule has 0 spiro atoms. The number of halogens is 1. The van der Waals surface area contributed by atoms with Gasteiger partial charge in [0, 0.05) is 18.4 Å². The van der Waals surface area contributed by atoms with Gasteiger partial charge in [-0.05, 0) is 31.4 Å². The van der Waals surface area contributed by atoms with E-state index in [1.165, 1.54) is 6.07 Å². The van der Waals surface area contributed by atoms with Crippen LogP contribution >= 0.6 is 0 Å². The molecule has 1 aliphatic rings. The van der Waals surface area contributed by atoms with Crippen LogP contribution in [0, 0.1) is 18.7 Å². The summed E-state index contributed by atoms with van der Waals surface area (Å²) in [4.78, 5) is 16.2. The van der Waals surface area contributed by atoms with Crippen molar-refractivity contribution in [2.45, 2.75) is 38.2 Å². The SMILES string of the molecule is Cc1noc([C@H]2C[C@H](CNC(=O)Cc3ccccc3F)[C@H](O)C2)n1. The normalized spacial score (nSPS) is 23.4. The molecule has 1 aliphatic carbocycles. The molecule has 1 saturated carbocycles. The van der Waals surface area contributed by atoms with Crippen molar-refractivity contribution in [1.82, 2.24) is 15.5 Å². The lowest BCUT2D eigenvalue weighted by atomic mass is 10.0. The first kappa shape index (κ1) is 16.6. The summed E-state index contributed by atoms with van der Waals surface area (Å²) in [5.41, 5.74) is 0.362. The number of aliphatic hydroxyl groups excluding tert-OH is 1. The third kappa shape index (κ3) is 3.79. The highest BCUT2D eigenvalue weighted by molar-refractivity contribution is 5.78. The van der Waals surface area contributed by atoms with Gasteiger partial charge in [-0.25, -0.2) is 4.39 Å². The van der Waals surface area contributed by atoms with Crippen LogP contribution in [-0.4, -0.2) is 33.8 Å². The number of aryl methyl sites for hydroxylation is 1. The Bertz CT molecular complexity index is 719. The van der Waals surface area contributed by atoms with E-state index in [0.29, 0.717) is 36.7 Å². The summed E-state index contributed by atoms with van der Waals surface area (Å²) in [5.74, 6) is 0.388. The van der Waals surface area contributed by atoms with Crippen molar-refractivity contribution >= 4 is 5.91 Å². The Kier molecular flexibility index (Phi) is 4.89. The summed E-state index contributed by atoms with van der Waals surface area (Å²) in [7, 11) is 0. The molecular weight excluding hydrogens is 313 g/mol. The van der Waals surface area contributed by atoms with Crippen molar-refractivity contribution in [3.63, 3.8) is 0 Å². The Morgan fingerprint density at radius 3 is 2.92 bits per heavy atom. The standard InChI is InChI=1S/C17H20FN3O3/c1-10-20-17(24-21-10)12-6-13(15(22)7-12)9-19-16(23)8-11-4-2-3-5-14(11)18/h2-5,12-13,15,22H,6-9H2,1H3,(H,19,23)/t12-,13+,15+/m0/s1. The number of amides is 1. The molecule has 2 N–H and O–H groups in total. The van der Waals surface area contributed by atoms with Crippen LogP contribution in [0.1, 0.15) is 36.0 Å². The van der Waals surface area contributed by atoms with Crippen LogP contribution in [0.2, 0.25) is 0 Å². The van der Waals surface area contributed by atoms with Gasteiger partial charge in [0.2, 0.25) is 11.8 Å². The van der Waals surface area contributed by atoms with Gasteiger partial charge in [-0.3, -0.25) is 4.79 Å². The number of carbonyl (C=O) groups is 1. The quantitative estimate of drug-likeness (QED) is 0.870. The third-order valence-corrected chi connectivity index (χ3v) is 4.42. The molecule has 7 heteroatoms. The second-order valence-corrected chi connectivity index (χ2v) is 6.25. The van der Waals surface area contributed by atoms with E-state index in [1.807, 2.05) is 0 Å². The largest absolute Gasteiger partial charge is 0.393 e. The fraction of sp³-hybridized carbons (Fsp3) is 0.471. The summed E-state index contributed by atoms with van der Waals surface area (Å²) in [6.07, 6.45) is 0.663. The number of rotatable bonds is 5. The average Bonchev–Trinajstić information content (AvgIpc) is 3.13. The maximum atomic E-state index is 13.6. The summed E-state index contributed by atoms with van der Waals surface area (Å²) in [5, 5.41) is 16.7. The van der Waals surface area contributed by atoms with Crippen molar-refractivity contribution in [3.8, 4) is 0 Å². The summed E-state index contributed by atoms with van der Waals surface area (Å²) in [6.45, 7) is 2.09. The first-order chi connectivity index (χ1) is 11.5. The van der Waals surface area contributed by atoms with Gasteiger partial charge in [0.1, 0.15) is 5.82 Å². The number of aromatic nitrogens is 2. The topological polar surface area (TPSA) is 88.2 Å². The monoisotopic (exact) mass is 333 g/mol. The summed E-state index contributed by atoms with van der Waals surface area (Å²) < 4.78 is 18.7. The Morgan fingerprint density at radius 1 is 1.42 bits per heavy atom. The molecule has 1 heterocycles. The minimum atomic E-state index is -0.532. The van der Waals surface area contributed by atoms with E-state index in [2.05, 4.69) is 15.5 Å². The van der Waals surface area contributed by atoms with Crippen molar-refractivity contribution in [3.05, 3.63) is 47.4 Å². The zero-order chi connectivity index (χ0) is 17.1. The van der Waals surface area contributed by atoms with Crippen LogP contribution in [0.15, 0.2) is 28.8 Å². The van der Waals surface area contributed by atoms with Gasteiger partial charge >= 0.3 is 0 Å². The second-order valence-electron chi connectivity index (χ2n) is 6.25. The molecule has 6 nitrogen and oxygen atoms in total. The van der Waals surface area contributed by atoms with E-state index in [1.54, 1.807) is 25.1 Å². The van der Waals surface area contributed by atoms with Crippen LogP contribution in [0.3, 0.4) is 0 Å². The van der Waals surface area contributed by atoms with Gasteiger partial charge in [0.05, 0.1) is 12.5 Å². The fourth-order valence-electron chi connectivity index (χ4n) is 3.12. The predicted molar refractivity (Wildman–Crippen MR) is 83.6 cm³/mol. The van der Waals surface area contributed by atoms with Gasteiger partial charge in [0.25, 0.3) is 0 Å². The summed E-state index contributed by atoms with van der Waals surface area (Å²) >= 11 is 0. The van der Waals surface area contributed by atoms with Crippen LogP contribution in [0.4, 0.5) is 4.39 Å². The van der Waals surface area contributed by atoms with Gasteiger partial charge in [-0.15, -0.1) is 0 Å². The zero-order valence-corrected chi connectivity index (χ0v) is 13.4. The number of aliphatic hydroxyl groups is 1. The van der Waals surface area contributed by atoms with Crippen LogP contribution in [0.25, 0.3) is 0 Å². The molecule has 1 aromatic heterocycles. The first-order valence-corrected chi connectivity index (χ1v) is 8.01. The van der Waals surface area contributed by atoms with Crippen molar-refractivity contribution in [2.24, 2.45) is 5.92 Å². The maximum Gasteiger partial charge on any atom is 0.229 e. The smallest absolute Gasteiger partial charge is 0.229 e. The summed E-state index contributed by atoms with van der Waals surface area (Å²) in [6, 6.07) is 6.21. The average molecular weight is 333 g/mol. The van der Waals surface area contributed by atoms with Crippen molar-refractivity contribution in [2.75, 3.05) is 6.54 Å². The van der Waals surface area contributed by atoms with Crippen LogP contribution in [-0.2, 0) is 11.2 Å². The Labute approximate surface area is 139 Å². The number of hydrogen-bond donors (Lipinski definition) is 2. The number of carbonyl (C=O) groups excluding carboxylic acids is 1. The van der Waals surface area contributed by atoms with Crippen LogP contribution < -0.4 is 5.32 Å². The second kappa shape index (κ2) is 7.09. The highest BCUT2D eigenvalue weighted by Gasteiger charge is 2.36. The molecule has 128 valence electrons. The van der Waals surface area contributed by atoms with E-state index in [9.17, 15) is 14.3 Å². The van der Waals surface area contributed by atoms with E-state index in [-0.39, 0.29) is 30.0 Å². The van der Waals surface area contributed by atoms with Gasteiger partial charge in [-0.1, -0.05) is 23.4 Å². The Morgan fingerprint density at radius 2 is 2.21 bits per heavy atom. The van der Waals surface area contributed by atoms with Crippen LogP contribution in [0.5, 0.6) is 0 Å². The highest BCUT2D eigenvalue weighted by atomic mass is 19.1. The van der Waals surface area contributed by atoms with Gasteiger partial charge in [-0.2, -0.15) is 4.98 Å². The van der Waals surface area contributed by atoms with E-state index in [0.717, 1.165) is 0 Å². The molecule has 0 unspecified atom stereocenters. The number of benzene rings is 1. The minimum Gasteiger partial charge on any atom is -0.393 e. The first-order valence-electron chi connectivity index (χ1n) is 8.01. The van der Waals surface area contributed by atoms with Gasteiger partial charge in [0.15, 0.2) is 5.82 Å². The van der Waals surface area contributed by atoms with E-state index < -0.39 is 6.10 Å². The molecule has 3 rings (SSSR count). The molecule has 2 aromatic rings. The maximum absolute atomic E-state index is 13.6. The fourth-order valence-corrected chi connectivity index (χ4v) is 3.12. The molecule has 0 saturated heterocycles. The Hall–Kier alpha value is -2.28.